The van der Waals surface area contributed by atoms with Crippen LogP contribution >= 0.6 is 11.3 Å². The fourth-order valence-electron chi connectivity index (χ4n) is 2.50. The molecule has 0 atom stereocenters. The van der Waals surface area contributed by atoms with Gasteiger partial charge in [-0.1, -0.05) is 0 Å². The third kappa shape index (κ3) is 3.19. The number of rotatable bonds is 5. The van der Waals surface area contributed by atoms with E-state index in [-0.39, 0.29) is 5.91 Å². The first-order chi connectivity index (χ1) is 9.55. The summed E-state index contributed by atoms with van der Waals surface area (Å²) in [4.78, 5) is 28.5. The van der Waals surface area contributed by atoms with Crippen molar-refractivity contribution < 1.29 is 14.7 Å². The van der Waals surface area contributed by atoms with Gasteiger partial charge in [0.25, 0.3) is 0 Å². The number of hydrogen-bond donors (Lipinski definition) is 1. The Bertz CT molecular complexity index is 509. The minimum atomic E-state index is -0.866. The Labute approximate surface area is 122 Å². The van der Waals surface area contributed by atoms with Crippen molar-refractivity contribution in [1.29, 1.82) is 0 Å². The highest BCUT2D eigenvalue weighted by Crippen LogP contribution is 2.28. The molecule has 0 bridgehead atoms. The molecule has 0 spiro atoms. The molecule has 0 aliphatic carbocycles. The second-order valence-electron chi connectivity index (χ2n) is 4.89. The summed E-state index contributed by atoms with van der Waals surface area (Å²) in [5.41, 5.74) is 1.06. The topological polar surface area (TPSA) is 60.9 Å². The number of amides is 1. The maximum absolute atomic E-state index is 12.1. The average Bonchev–Trinajstić information content (AvgIpc) is 2.83. The van der Waals surface area contributed by atoms with Crippen LogP contribution in [0.2, 0.25) is 0 Å². The van der Waals surface area contributed by atoms with Crippen LogP contribution in [-0.4, -0.2) is 53.0 Å². The Morgan fingerprint density at radius 3 is 2.70 bits per heavy atom. The van der Waals surface area contributed by atoms with Gasteiger partial charge in [-0.05, 0) is 31.9 Å². The Morgan fingerprint density at radius 1 is 1.40 bits per heavy atom. The van der Waals surface area contributed by atoms with E-state index >= 15 is 0 Å². The first-order valence-corrected chi connectivity index (χ1v) is 7.71. The van der Waals surface area contributed by atoms with Gasteiger partial charge in [-0.15, -0.1) is 11.3 Å². The van der Waals surface area contributed by atoms with Crippen molar-refractivity contribution >= 4 is 23.2 Å². The van der Waals surface area contributed by atoms with Gasteiger partial charge in [0.1, 0.15) is 4.88 Å². The second kappa shape index (κ2) is 6.37. The van der Waals surface area contributed by atoms with Crippen molar-refractivity contribution in [3.8, 4) is 0 Å². The van der Waals surface area contributed by atoms with Crippen molar-refractivity contribution in [2.75, 3.05) is 26.2 Å². The van der Waals surface area contributed by atoms with E-state index in [0.717, 1.165) is 36.5 Å². The molecule has 1 amide bonds. The molecule has 2 heterocycles. The Hall–Kier alpha value is -1.40. The highest BCUT2D eigenvalue weighted by atomic mass is 32.1. The largest absolute Gasteiger partial charge is 0.477 e. The molecule has 20 heavy (non-hydrogen) atoms. The molecular formula is C14H20N2O3S. The first-order valence-electron chi connectivity index (χ1n) is 6.90. The summed E-state index contributed by atoms with van der Waals surface area (Å²) < 4.78 is 0. The summed E-state index contributed by atoms with van der Waals surface area (Å²) >= 11 is 1.36. The molecule has 6 heteroatoms. The first kappa shape index (κ1) is 15.0. The van der Waals surface area contributed by atoms with E-state index in [2.05, 4.69) is 4.90 Å². The summed E-state index contributed by atoms with van der Waals surface area (Å²) in [6, 6.07) is 1.75. The van der Waals surface area contributed by atoms with Crippen LogP contribution in [0.15, 0.2) is 6.07 Å². The number of carbonyl (C=O) groups excluding carboxylic acids is 1. The zero-order valence-electron chi connectivity index (χ0n) is 11.9. The summed E-state index contributed by atoms with van der Waals surface area (Å²) in [7, 11) is 0. The van der Waals surface area contributed by atoms with E-state index in [1.807, 2.05) is 18.7 Å². The lowest BCUT2D eigenvalue weighted by molar-refractivity contribution is -0.132. The van der Waals surface area contributed by atoms with Crippen LogP contribution in [0, 0.1) is 0 Å². The molecule has 0 radical (unpaired) electrons. The van der Waals surface area contributed by atoms with Crippen LogP contribution in [0.4, 0.5) is 0 Å². The molecule has 110 valence electrons. The molecule has 1 aromatic heterocycles. The van der Waals surface area contributed by atoms with Gasteiger partial charge in [-0.25, -0.2) is 4.79 Å². The molecule has 2 rings (SSSR count). The summed E-state index contributed by atoms with van der Waals surface area (Å²) in [5.74, 6) is -0.720. The lowest BCUT2D eigenvalue weighted by atomic mass is 10.1. The molecule has 0 saturated carbocycles. The smallest absolute Gasteiger partial charge is 0.345 e. The van der Waals surface area contributed by atoms with Crippen molar-refractivity contribution in [2.24, 2.45) is 0 Å². The van der Waals surface area contributed by atoms with Gasteiger partial charge in [0.15, 0.2) is 0 Å². The lowest BCUT2D eigenvalue weighted by Crippen LogP contribution is -2.41. The van der Waals surface area contributed by atoms with Crippen LogP contribution in [0.1, 0.15) is 34.0 Å². The fraction of sp³-hybridized carbons (Fsp3) is 0.571. The number of thiophene rings is 1. The predicted molar refractivity (Wildman–Crippen MR) is 78.2 cm³/mol. The van der Waals surface area contributed by atoms with Gasteiger partial charge < -0.3 is 10.0 Å². The van der Waals surface area contributed by atoms with Crippen molar-refractivity contribution in [3.05, 3.63) is 21.4 Å². The normalized spacial score (nSPS) is 14.9. The van der Waals surface area contributed by atoms with E-state index in [4.69, 9.17) is 5.11 Å². The Balaban J connectivity index is 2.00. The van der Waals surface area contributed by atoms with Gasteiger partial charge >= 0.3 is 5.97 Å². The summed E-state index contributed by atoms with van der Waals surface area (Å²) in [5, 5.41) is 9.02. The molecule has 1 aliphatic rings. The maximum Gasteiger partial charge on any atom is 0.345 e. The number of nitrogens with zero attached hydrogens (tertiary/aromatic N) is 2. The molecule has 1 N–H and O–H groups in total. The molecule has 1 aliphatic heterocycles. The molecule has 0 saturated heterocycles. The fourth-order valence-corrected chi connectivity index (χ4v) is 3.50. The number of likely N-dealkylation sites (N-methyl/N-ethyl adjacent to an activating group) is 1. The summed E-state index contributed by atoms with van der Waals surface area (Å²) in [6.45, 7) is 7.33. The zero-order chi connectivity index (χ0) is 14.7. The highest BCUT2D eigenvalue weighted by molar-refractivity contribution is 7.14. The van der Waals surface area contributed by atoms with Gasteiger partial charge in [-0.2, -0.15) is 0 Å². The predicted octanol–water partition coefficient (Wildman–Crippen LogP) is 1.67. The number of carboxylic acid groups (broad SMARTS) is 1. The van der Waals surface area contributed by atoms with Gasteiger partial charge in [0, 0.05) is 31.1 Å². The van der Waals surface area contributed by atoms with Gasteiger partial charge in [0.2, 0.25) is 5.91 Å². The molecule has 0 aromatic carbocycles. The summed E-state index contributed by atoms with van der Waals surface area (Å²) in [6.07, 6.45) is 0.832. The zero-order valence-corrected chi connectivity index (χ0v) is 12.7. The minimum Gasteiger partial charge on any atom is -0.477 e. The van der Waals surface area contributed by atoms with Crippen molar-refractivity contribution in [1.82, 2.24) is 9.80 Å². The number of fused-ring (bicyclic) bond motifs is 1. The highest BCUT2D eigenvalue weighted by Gasteiger charge is 2.23. The monoisotopic (exact) mass is 296 g/mol. The SMILES string of the molecule is CCN(CC)C(=O)CN1CCc2sc(C(=O)O)cc2C1. The van der Waals surface area contributed by atoms with Crippen LogP contribution in [0.25, 0.3) is 0 Å². The van der Waals surface area contributed by atoms with Crippen LogP contribution in [-0.2, 0) is 17.8 Å². The number of aromatic carboxylic acids is 1. The Kier molecular flexibility index (Phi) is 4.77. The van der Waals surface area contributed by atoms with Crippen LogP contribution in [0.3, 0.4) is 0 Å². The van der Waals surface area contributed by atoms with E-state index < -0.39 is 5.97 Å². The molecule has 0 fully saturated rings. The molecular weight excluding hydrogens is 276 g/mol. The van der Waals surface area contributed by atoms with E-state index in [1.165, 1.54) is 11.3 Å². The molecule has 0 unspecified atom stereocenters. The van der Waals surface area contributed by atoms with E-state index in [0.29, 0.717) is 18.0 Å². The van der Waals surface area contributed by atoms with Crippen LogP contribution in [0.5, 0.6) is 0 Å². The lowest BCUT2D eigenvalue weighted by Gasteiger charge is -2.28. The quantitative estimate of drug-likeness (QED) is 0.898. The second-order valence-corrected chi connectivity index (χ2v) is 6.03. The molecule has 5 nitrogen and oxygen atoms in total. The number of carbonyl (C=O) groups is 2. The average molecular weight is 296 g/mol. The van der Waals surface area contributed by atoms with Crippen molar-refractivity contribution in [2.45, 2.75) is 26.8 Å². The van der Waals surface area contributed by atoms with Gasteiger partial charge in [-0.3, -0.25) is 9.69 Å². The Morgan fingerprint density at radius 2 is 2.10 bits per heavy atom. The van der Waals surface area contributed by atoms with Gasteiger partial charge in [0.05, 0.1) is 6.54 Å². The van der Waals surface area contributed by atoms with Crippen molar-refractivity contribution in [3.63, 3.8) is 0 Å². The standard InChI is InChI=1S/C14H20N2O3S/c1-3-16(4-2)13(17)9-15-6-5-11-10(8-15)7-12(20-11)14(18)19/h7H,3-6,8-9H2,1-2H3,(H,18,19). The number of hydrogen-bond acceptors (Lipinski definition) is 4. The third-order valence-corrected chi connectivity index (χ3v) is 4.86. The number of carboxylic acids is 1. The third-order valence-electron chi connectivity index (χ3n) is 3.63. The van der Waals surface area contributed by atoms with E-state index in [9.17, 15) is 9.59 Å². The minimum absolute atomic E-state index is 0.145. The van der Waals surface area contributed by atoms with Crippen LogP contribution < -0.4 is 0 Å². The van der Waals surface area contributed by atoms with E-state index in [1.54, 1.807) is 6.07 Å². The maximum atomic E-state index is 12.1. The molecule has 1 aromatic rings.